The lowest BCUT2D eigenvalue weighted by Gasteiger charge is -2.29. The Labute approximate surface area is 93.8 Å². The second kappa shape index (κ2) is 4.03. The van der Waals surface area contributed by atoms with E-state index in [9.17, 15) is 4.79 Å². The highest BCUT2D eigenvalue weighted by Gasteiger charge is 2.33. The van der Waals surface area contributed by atoms with E-state index in [1.165, 1.54) is 0 Å². The van der Waals surface area contributed by atoms with E-state index in [0.717, 1.165) is 5.82 Å². The van der Waals surface area contributed by atoms with Crippen LogP contribution in [0.4, 0.5) is 11.5 Å². The first-order valence-corrected chi connectivity index (χ1v) is 5.38. The molecular formula is C10H16N4O2. The van der Waals surface area contributed by atoms with Gasteiger partial charge in [0.05, 0.1) is 30.5 Å². The lowest BCUT2D eigenvalue weighted by Crippen LogP contribution is -2.37. The topological polar surface area (TPSA) is 82.2 Å². The summed E-state index contributed by atoms with van der Waals surface area (Å²) in [6, 6.07) is -0.0346. The molecule has 6 heteroatoms. The molecule has 2 heterocycles. The predicted molar refractivity (Wildman–Crippen MR) is 60.0 cm³/mol. The monoisotopic (exact) mass is 224 g/mol. The Kier molecular flexibility index (Phi) is 2.72. The van der Waals surface area contributed by atoms with Crippen LogP contribution in [0.15, 0.2) is 6.20 Å². The van der Waals surface area contributed by atoms with Crippen molar-refractivity contribution in [1.29, 1.82) is 0 Å². The maximum absolute atomic E-state index is 11.7. The number of aromatic nitrogens is 2. The number of nitrogens with two attached hydrogens (primary N) is 1. The highest BCUT2D eigenvalue weighted by Crippen LogP contribution is 2.31. The summed E-state index contributed by atoms with van der Waals surface area (Å²) in [6.45, 7) is 4.68. The molecular weight excluding hydrogens is 208 g/mol. The first-order chi connectivity index (χ1) is 7.65. The fourth-order valence-corrected chi connectivity index (χ4v) is 1.94. The third kappa shape index (κ3) is 1.60. The number of nitrogens with zero attached hydrogens (tertiary/aromatic N) is 2. The lowest BCUT2D eigenvalue weighted by atomic mass is 10.00. The van der Waals surface area contributed by atoms with Crippen LogP contribution in [0.3, 0.4) is 0 Å². The van der Waals surface area contributed by atoms with Crippen molar-refractivity contribution in [2.45, 2.75) is 19.9 Å². The van der Waals surface area contributed by atoms with Crippen LogP contribution in [0.25, 0.3) is 0 Å². The third-order valence-corrected chi connectivity index (χ3v) is 2.87. The highest BCUT2D eigenvalue weighted by atomic mass is 16.5. The van der Waals surface area contributed by atoms with Gasteiger partial charge in [-0.15, -0.1) is 0 Å². The molecule has 0 amide bonds. The van der Waals surface area contributed by atoms with E-state index >= 15 is 0 Å². The minimum Gasteiger partial charge on any atom is -0.466 e. The lowest BCUT2D eigenvalue weighted by molar-refractivity contribution is -0.149. The molecule has 0 radical (unpaired) electrons. The summed E-state index contributed by atoms with van der Waals surface area (Å²) in [6.07, 6.45) is 1.59. The molecule has 88 valence electrons. The molecule has 1 aromatic rings. The Morgan fingerprint density at radius 1 is 1.81 bits per heavy atom. The average Bonchev–Trinajstić information content (AvgIpc) is 2.62. The number of carbonyl (C=O) groups excluding carboxylic acids is 1. The quantitative estimate of drug-likeness (QED) is 0.720. The van der Waals surface area contributed by atoms with Gasteiger partial charge in [0.1, 0.15) is 5.82 Å². The SMILES string of the molecule is CCOC(=O)C1CNc2c(N)cnn2C1C. The molecule has 1 aromatic heterocycles. The second-order valence-electron chi connectivity index (χ2n) is 3.87. The number of ether oxygens (including phenoxy) is 1. The summed E-state index contributed by atoms with van der Waals surface area (Å²) in [5.74, 6) is 0.377. The van der Waals surface area contributed by atoms with Crippen molar-refractivity contribution < 1.29 is 9.53 Å². The van der Waals surface area contributed by atoms with Crippen molar-refractivity contribution in [2.75, 3.05) is 24.2 Å². The summed E-state index contributed by atoms with van der Waals surface area (Å²) in [5.41, 5.74) is 6.35. The van der Waals surface area contributed by atoms with Crippen LogP contribution in [-0.4, -0.2) is 28.9 Å². The first kappa shape index (κ1) is 10.8. The fraction of sp³-hybridized carbons (Fsp3) is 0.600. The molecule has 0 spiro atoms. The van der Waals surface area contributed by atoms with Gasteiger partial charge in [-0.2, -0.15) is 5.10 Å². The van der Waals surface area contributed by atoms with E-state index in [4.69, 9.17) is 10.5 Å². The Morgan fingerprint density at radius 2 is 2.56 bits per heavy atom. The van der Waals surface area contributed by atoms with E-state index in [1.54, 1.807) is 17.8 Å². The van der Waals surface area contributed by atoms with Crippen molar-refractivity contribution in [3.63, 3.8) is 0 Å². The zero-order valence-electron chi connectivity index (χ0n) is 9.43. The third-order valence-electron chi connectivity index (χ3n) is 2.87. The van der Waals surface area contributed by atoms with E-state index in [0.29, 0.717) is 18.8 Å². The van der Waals surface area contributed by atoms with Crippen LogP contribution >= 0.6 is 0 Å². The van der Waals surface area contributed by atoms with Gasteiger partial charge in [0.15, 0.2) is 0 Å². The molecule has 0 aromatic carbocycles. The Hall–Kier alpha value is -1.72. The molecule has 0 bridgehead atoms. The minimum atomic E-state index is -0.216. The molecule has 6 nitrogen and oxygen atoms in total. The van der Waals surface area contributed by atoms with Crippen LogP contribution in [0.5, 0.6) is 0 Å². The number of carbonyl (C=O) groups is 1. The summed E-state index contributed by atoms with van der Waals surface area (Å²) >= 11 is 0. The molecule has 0 saturated carbocycles. The molecule has 0 saturated heterocycles. The number of nitrogen functional groups attached to an aromatic ring is 1. The van der Waals surface area contributed by atoms with Crippen molar-refractivity contribution >= 4 is 17.5 Å². The standard InChI is InChI=1S/C10H16N4O2/c1-3-16-10(15)7-4-12-9-8(11)5-13-14(9)6(7)2/h5-7,12H,3-4,11H2,1-2H3. The predicted octanol–water partition coefficient (Wildman–Crippen LogP) is 0.631. The highest BCUT2D eigenvalue weighted by molar-refractivity contribution is 5.75. The van der Waals surface area contributed by atoms with Gasteiger partial charge in [-0.1, -0.05) is 0 Å². The van der Waals surface area contributed by atoms with Gasteiger partial charge < -0.3 is 15.8 Å². The van der Waals surface area contributed by atoms with E-state index in [2.05, 4.69) is 10.4 Å². The molecule has 1 aliphatic heterocycles. The van der Waals surface area contributed by atoms with Crippen LogP contribution in [-0.2, 0) is 9.53 Å². The molecule has 2 rings (SSSR count). The van der Waals surface area contributed by atoms with Gasteiger partial charge in [-0.3, -0.25) is 4.79 Å². The number of hydrogen-bond donors (Lipinski definition) is 2. The second-order valence-corrected chi connectivity index (χ2v) is 3.87. The molecule has 3 N–H and O–H groups in total. The Morgan fingerprint density at radius 3 is 3.25 bits per heavy atom. The first-order valence-electron chi connectivity index (χ1n) is 5.38. The van der Waals surface area contributed by atoms with Crippen LogP contribution in [0.2, 0.25) is 0 Å². The van der Waals surface area contributed by atoms with Gasteiger partial charge in [0, 0.05) is 6.54 Å². The van der Waals surface area contributed by atoms with Crippen molar-refractivity contribution in [3.8, 4) is 0 Å². The normalized spacial score (nSPS) is 23.4. The number of fused-ring (bicyclic) bond motifs is 1. The van der Waals surface area contributed by atoms with Crippen LogP contribution < -0.4 is 11.1 Å². The molecule has 2 unspecified atom stereocenters. The van der Waals surface area contributed by atoms with E-state index < -0.39 is 0 Å². The van der Waals surface area contributed by atoms with Gasteiger partial charge in [0.25, 0.3) is 0 Å². The van der Waals surface area contributed by atoms with Crippen molar-refractivity contribution in [2.24, 2.45) is 5.92 Å². The van der Waals surface area contributed by atoms with Crippen molar-refractivity contribution in [1.82, 2.24) is 9.78 Å². The molecule has 0 aliphatic carbocycles. The van der Waals surface area contributed by atoms with Crippen LogP contribution in [0, 0.1) is 5.92 Å². The number of rotatable bonds is 2. The van der Waals surface area contributed by atoms with Gasteiger partial charge in [-0.25, -0.2) is 4.68 Å². The number of hydrogen-bond acceptors (Lipinski definition) is 5. The Bertz CT molecular complexity index is 402. The molecule has 16 heavy (non-hydrogen) atoms. The van der Waals surface area contributed by atoms with Gasteiger partial charge in [0.2, 0.25) is 0 Å². The zero-order chi connectivity index (χ0) is 11.7. The zero-order valence-corrected chi connectivity index (χ0v) is 9.43. The van der Waals surface area contributed by atoms with Crippen molar-refractivity contribution in [3.05, 3.63) is 6.20 Å². The summed E-state index contributed by atoms with van der Waals surface area (Å²) in [7, 11) is 0. The minimum absolute atomic E-state index is 0.0346. The Balaban J connectivity index is 2.21. The van der Waals surface area contributed by atoms with Gasteiger partial charge in [-0.05, 0) is 13.8 Å². The summed E-state index contributed by atoms with van der Waals surface area (Å²) in [5, 5.41) is 7.26. The maximum Gasteiger partial charge on any atom is 0.312 e. The van der Waals surface area contributed by atoms with Gasteiger partial charge >= 0.3 is 5.97 Å². The van der Waals surface area contributed by atoms with Crippen LogP contribution in [0.1, 0.15) is 19.9 Å². The number of esters is 1. The summed E-state index contributed by atoms with van der Waals surface area (Å²) in [4.78, 5) is 11.7. The molecule has 2 atom stereocenters. The number of nitrogens with one attached hydrogen (secondary N) is 1. The average molecular weight is 224 g/mol. The number of anilines is 2. The smallest absolute Gasteiger partial charge is 0.312 e. The van der Waals surface area contributed by atoms with E-state index in [-0.39, 0.29) is 17.9 Å². The summed E-state index contributed by atoms with van der Waals surface area (Å²) < 4.78 is 6.76. The fourth-order valence-electron chi connectivity index (χ4n) is 1.94. The molecule has 0 fully saturated rings. The van der Waals surface area contributed by atoms with E-state index in [1.807, 2.05) is 6.92 Å². The molecule has 1 aliphatic rings. The largest absolute Gasteiger partial charge is 0.466 e. The maximum atomic E-state index is 11.7.